The molecule has 1 saturated carbocycles. The number of aliphatic hydroxyl groups excluding tert-OH is 1. The second kappa shape index (κ2) is 6.83. The third-order valence-corrected chi connectivity index (χ3v) is 5.27. The van der Waals surface area contributed by atoms with Crippen molar-refractivity contribution in [1.82, 2.24) is 10.2 Å². The highest BCUT2D eigenvalue weighted by molar-refractivity contribution is 6.19. The van der Waals surface area contributed by atoms with Crippen LogP contribution in [0.4, 0.5) is 0 Å². The number of imide groups is 1. The quantitative estimate of drug-likeness (QED) is 0.753. The van der Waals surface area contributed by atoms with E-state index in [1.165, 1.54) is 4.90 Å². The number of nitrogens with zero attached hydrogens (tertiary/aromatic N) is 1. The van der Waals surface area contributed by atoms with Gasteiger partial charge < -0.3 is 10.4 Å². The van der Waals surface area contributed by atoms with Crippen molar-refractivity contribution < 1.29 is 19.5 Å². The third-order valence-electron chi connectivity index (χ3n) is 5.27. The minimum atomic E-state index is -0.0853. The van der Waals surface area contributed by atoms with Gasteiger partial charge >= 0.3 is 0 Å². The van der Waals surface area contributed by atoms with Gasteiger partial charge in [0.2, 0.25) is 5.91 Å². The lowest BCUT2D eigenvalue weighted by Crippen LogP contribution is -2.45. The molecule has 0 unspecified atom stereocenters. The molecule has 6 heteroatoms. The third kappa shape index (κ3) is 3.04. The van der Waals surface area contributed by atoms with Crippen molar-refractivity contribution in [2.24, 2.45) is 5.92 Å². The van der Waals surface area contributed by atoms with Crippen molar-refractivity contribution in [3.8, 4) is 0 Å². The zero-order valence-electron chi connectivity index (χ0n) is 13.3. The van der Waals surface area contributed by atoms with E-state index < -0.39 is 0 Å². The molecule has 126 valence electrons. The molecule has 0 spiro atoms. The summed E-state index contributed by atoms with van der Waals surface area (Å²) in [5, 5.41) is 11.5. The summed E-state index contributed by atoms with van der Waals surface area (Å²) in [6.07, 6.45) is 6.19. The molecule has 0 aromatic rings. The highest BCUT2D eigenvalue weighted by Gasteiger charge is 2.43. The molecule has 0 radical (unpaired) electrons. The van der Waals surface area contributed by atoms with Crippen LogP contribution in [0.1, 0.15) is 51.4 Å². The Morgan fingerprint density at radius 3 is 2.13 bits per heavy atom. The molecule has 3 rings (SSSR count). The molecule has 3 amide bonds. The fourth-order valence-corrected chi connectivity index (χ4v) is 4.01. The average Bonchev–Trinajstić information content (AvgIpc) is 2.84. The molecule has 0 atom stereocenters. The van der Waals surface area contributed by atoms with E-state index in [4.69, 9.17) is 5.11 Å². The van der Waals surface area contributed by atoms with E-state index in [2.05, 4.69) is 5.32 Å². The summed E-state index contributed by atoms with van der Waals surface area (Å²) >= 11 is 0. The average molecular weight is 320 g/mol. The highest BCUT2D eigenvalue weighted by Crippen LogP contribution is 2.37. The van der Waals surface area contributed by atoms with Gasteiger partial charge in [-0.15, -0.1) is 0 Å². The summed E-state index contributed by atoms with van der Waals surface area (Å²) in [7, 11) is 0. The van der Waals surface area contributed by atoms with E-state index in [1.54, 1.807) is 0 Å². The van der Waals surface area contributed by atoms with Gasteiger partial charge in [0.15, 0.2) is 0 Å². The Balaban J connectivity index is 1.59. The number of nitrogens with one attached hydrogen (secondary N) is 1. The van der Waals surface area contributed by atoms with Crippen molar-refractivity contribution in [3.05, 3.63) is 11.1 Å². The van der Waals surface area contributed by atoms with E-state index in [0.717, 1.165) is 36.8 Å². The van der Waals surface area contributed by atoms with E-state index in [0.29, 0.717) is 25.7 Å². The standard InChI is InChI=1S/C17H24N2O4/c20-10-9-18-15(21)11-5-7-12(8-6-11)19-16(22)13-3-1-2-4-14(13)17(19)23/h11-12,20H,1-10H2,(H,18,21). The Morgan fingerprint density at radius 1 is 1.04 bits per heavy atom. The van der Waals surface area contributed by atoms with Crippen LogP contribution in [0.3, 0.4) is 0 Å². The Hall–Kier alpha value is -1.69. The van der Waals surface area contributed by atoms with Gasteiger partial charge in [-0.25, -0.2) is 0 Å². The molecule has 2 N–H and O–H groups in total. The first-order valence-corrected chi connectivity index (χ1v) is 8.62. The summed E-state index contributed by atoms with van der Waals surface area (Å²) in [5.41, 5.74) is 1.48. The van der Waals surface area contributed by atoms with Crippen LogP contribution >= 0.6 is 0 Å². The molecule has 0 saturated heterocycles. The van der Waals surface area contributed by atoms with Crippen molar-refractivity contribution >= 4 is 17.7 Å². The van der Waals surface area contributed by atoms with Gasteiger partial charge in [0, 0.05) is 29.7 Å². The first-order chi connectivity index (χ1) is 11.1. The topological polar surface area (TPSA) is 86.7 Å². The number of carbonyl (C=O) groups excluding carboxylic acids is 3. The lowest BCUT2D eigenvalue weighted by Gasteiger charge is -2.33. The predicted molar refractivity (Wildman–Crippen MR) is 83.2 cm³/mol. The zero-order chi connectivity index (χ0) is 16.4. The van der Waals surface area contributed by atoms with E-state index in [9.17, 15) is 14.4 Å². The van der Waals surface area contributed by atoms with Gasteiger partial charge in [0.25, 0.3) is 11.8 Å². The van der Waals surface area contributed by atoms with Crippen LogP contribution in [0.15, 0.2) is 11.1 Å². The van der Waals surface area contributed by atoms with Crippen LogP contribution in [0, 0.1) is 5.92 Å². The van der Waals surface area contributed by atoms with Crippen LogP contribution in [-0.4, -0.2) is 46.9 Å². The Bertz CT molecular complexity index is 519. The van der Waals surface area contributed by atoms with Crippen LogP contribution in [0.2, 0.25) is 0 Å². The van der Waals surface area contributed by atoms with Crippen LogP contribution in [0.5, 0.6) is 0 Å². The predicted octanol–water partition coefficient (Wildman–Crippen LogP) is 0.893. The second-order valence-corrected chi connectivity index (χ2v) is 6.66. The molecule has 23 heavy (non-hydrogen) atoms. The largest absolute Gasteiger partial charge is 0.395 e. The molecule has 3 aliphatic rings. The number of amides is 3. The molecule has 1 aliphatic heterocycles. The van der Waals surface area contributed by atoms with Crippen molar-refractivity contribution in [1.29, 1.82) is 0 Å². The van der Waals surface area contributed by atoms with Crippen molar-refractivity contribution in [3.63, 3.8) is 0 Å². The zero-order valence-corrected chi connectivity index (χ0v) is 13.3. The normalized spacial score (nSPS) is 28.1. The number of hydrogen-bond donors (Lipinski definition) is 2. The van der Waals surface area contributed by atoms with Gasteiger partial charge in [-0.2, -0.15) is 0 Å². The Morgan fingerprint density at radius 2 is 1.61 bits per heavy atom. The number of aliphatic hydroxyl groups is 1. The van der Waals surface area contributed by atoms with Gasteiger partial charge in [-0.1, -0.05) is 0 Å². The van der Waals surface area contributed by atoms with Gasteiger partial charge in [0.05, 0.1) is 6.61 Å². The molecule has 2 aliphatic carbocycles. The molecule has 0 bridgehead atoms. The molecular formula is C17H24N2O4. The van der Waals surface area contributed by atoms with Crippen LogP contribution in [0.25, 0.3) is 0 Å². The monoisotopic (exact) mass is 320 g/mol. The van der Waals surface area contributed by atoms with Gasteiger partial charge in [-0.05, 0) is 51.4 Å². The minimum Gasteiger partial charge on any atom is -0.395 e. The maximum Gasteiger partial charge on any atom is 0.257 e. The molecule has 6 nitrogen and oxygen atoms in total. The summed E-state index contributed by atoms with van der Waals surface area (Å²) < 4.78 is 0. The summed E-state index contributed by atoms with van der Waals surface area (Å²) in [4.78, 5) is 38.5. The van der Waals surface area contributed by atoms with Gasteiger partial charge in [-0.3, -0.25) is 19.3 Å². The summed E-state index contributed by atoms with van der Waals surface area (Å²) in [6, 6.07) is -0.0671. The molecule has 1 fully saturated rings. The number of hydrogen-bond acceptors (Lipinski definition) is 4. The maximum absolute atomic E-state index is 12.5. The fourth-order valence-electron chi connectivity index (χ4n) is 4.01. The Labute approximate surface area is 135 Å². The number of rotatable bonds is 4. The fraction of sp³-hybridized carbons (Fsp3) is 0.706. The lowest BCUT2D eigenvalue weighted by atomic mass is 9.84. The van der Waals surface area contributed by atoms with Gasteiger partial charge in [0.1, 0.15) is 0 Å². The van der Waals surface area contributed by atoms with Crippen LogP contribution in [-0.2, 0) is 14.4 Å². The molecule has 0 aromatic carbocycles. The minimum absolute atomic E-state index is 0.0333. The summed E-state index contributed by atoms with van der Waals surface area (Å²) in [6.45, 7) is 0.216. The SMILES string of the molecule is O=C(NCCO)C1CCC(N2C(=O)C3=C(CCCC3)C2=O)CC1. The molecule has 1 heterocycles. The van der Waals surface area contributed by atoms with E-state index in [1.807, 2.05) is 0 Å². The number of carbonyl (C=O) groups is 3. The second-order valence-electron chi connectivity index (χ2n) is 6.66. The first kappa shape index (κ1) is 16.2. The summed E-state index contributed by atoms with van der Waals surface area (Å²) in [5.74, 6) is -0.280. The molecule has 0 aromatic heterocycles. The van der Waals surface area contributed by atoms with Crippen molar-refractivity contribution in [2.45, 2.75) is 57.4 Å². The van der Waals surface area contributed by atoms with Crippen molar-refractivity contribution in [2.75, 3.05) is 13.2 Å². The maximum atomic E-state index is 12.5. The van der Waals surface area contributed by atoms with E-state index in [-0.39, 0.29) is 42.8 Å². The highest BCUT2D eigenvalue weighted by atomic mass is 16.3. The lowest BCUT2D eigenvalue weighted by molar-refractivity contribution is -0.141. The van der Waals surface area contributed by atoms with E-state index >= 15 is 0 Å². The smallest absolute Gasteiger partial charge is 0.257 e. The first-order valence-electron chi connectivity index (χ1n) is 8.62. The molecular weight excluding hydrogens is 296 g/mol. The Kier molecular flexibility index (Phi) is 4.80. The van der Waals surface area contributed by atoms with Crippen LogP contribution < -0.4 is 5.32 Å².